The van der Waals surface area contributed by atoms with E-state index in [1.54, 1.807) is 0 Å². The SMILES string of the molecule is Cc1cc(N2CCCC2)c2ccc(Nc3ccccc3)cc2n1. The first-order valence-electron chi connectivity index (χ1n) is 8.28. The first kappa shape index (κ1) is 14.1. The van der Waals surface area contributed by atoms with Gasteiger partial charge >= 0.3 is 0 Å². The van der Waals surface area contributed by atoms with E-state index in [2.05, 4.69) is 53.5 Å². The second-order valence-electron chi connectivity index (χ2n) is 6.20. The van der Waals surface area contributed by atoms with Gasteiger partial charge in [-0.15, -0.1) is 0 Å². The van der Waals surface area contributed by atoms with Gasteiger partial charge in [-0.05, 0) is 56.2 Å². The zero-order valence-electron chi connectivity index (χ0n) is 13.4. The van der Waals surface area contributed by atoms with Crippen LogP contribution in [0.4, 0.5) is 17.1 Å². The molecule has 0 spiro atoms. The number of nitrogens with zero attached hydrogens (tertiary/aromatic N) is 2. The Bertz CT molecular complexity index is 821. The van der Waals surface area contributed by atoms with Crippen LogP contribution in [0.15, 0.2) is 54.6 Å². The Morgan fingerprint density at radius 3 is 2.48 bits per heavy atom. The van der Waals surface area contributed by atoms with Crippen molar-refractivity contribution in [1.82, 2.24) is 4.98 Å². The van der Waals surface area contributed by atoms with Crippen LogP contribution in [0.1, 0.15) is 18.5 Å². The summed E-state index contributed by atoms with van der Waals surface area (Å²) in [5.74, 6) is 0. The second-order valence-corrected chi connectivity index (χ2v) is 6.20. The Hall–Kier alpha value is -2.55. The minimum atomic E-state index is 1.06. The third-order valence-electron chi connectivity index (χ3n) is 4.43. The van der Waals surface area contributed by atoms with Gasteiger partial charge in [0.15, 0.2) is 0 Å². The maximum Gasteiger partial charge on any atom is 0.0746 e. The van der Waals surface area contributed by atoms with Gasteiger partial charge in [-0.2, -0.15) is 0 Å². The highest BCUT2D eigenvalue weighted by Crippen LogP contribution is 2.31. The first-order chi connectivity index (χ1) is 11.3. The highest BCUT2D eigenvalue weighted by atomic mass is 15.1. The summed E-state index contributed by atoms with van der Waals surface area (Å²) >= 11 is 0. The van der Waals surface area contributed by atoms with Crippen LogP contribution in [-0.2, 0) is 0 Å². The average Bonchev–Trinajstić information content (AvgIpc) is 3.09. The van der Waals surface area contributed by atoms with E-state index < -0.39 is 0 Å². The van der Waals surface area contributed by atoms with Crippen LogP contribution in [0.2, 0.25) is 0 Å². The largest absolute Gasteiger partial charge is 0.371 e. The first-order valence-corrected chi connectivity index (χ1v) is 8.28. The van der Waals surface area contributed by atoms with Crippen LogP contribution in [0.5, 0.6) is 0 Å². The minimum Gasteiger partial charge on any atom is -0.371 e. The molecule has 3 nitrogen and oxygen atoms in total. The van der Waals surface area contributed by atoms with E-state index in [-0.39, 0.29) is 0 Å². The molecule has 4 rings (SSSR count). The number of aryl methyl sites for hydroxylation is 1. The molecule has 1 N–H and O–H groups in total. The molecule has 1 aromatic heterocycles. The number of nitrogens with one attached hydrogen (secondary N) is 1. The van der Waals surface area contributed by atoms with Crippen molar-refractivity contribution in [2.24, 2.45) is 0 Å². The fourth-order valence-corrected chi connectivity index (χ4v) is 3.32. The number of fused-ring (bicyclic) bond motifs is 1. The average molecular weight is 303 g/mol. The van der Waals surface area contributed by atoms with E-state index in [9.17, 15) is 0 Å². The standard InChI is InChI=1S/C20H21N3/c1-15-13-20(23-11-5-6-12-23)18-10-9-17(14-19(18)21-15)22-16-7-3-2-4-8-16/h2-4,7-10,13-14,22H,5-6,11-12H2,1H3. The number of rotatable bonds is 3. The smallest absolute Gasteiger partial charge is 0.0746 e. The summed E-state index contributed by atoms with van der Waals surface area (Å²) in [5, 5.41) is 4.70. The summed E-state index contributed by atoms with van der Waals surface area (Å²) in [6.07, 6.45) is 2.58. The molecule has 1 fully saturated rings. The van der Waals surface area contributed by atoms with Crippen molar-refractivity contribution in [2.75, 3.05) is 23.3 Å². The quantitative estimate of drug-likeness (QED) is 0.747. The molecular weight excluding hydrogens is 282 g/mol. The van der Waals surface area contributed by atoms with Gasteiger partial charge in [0, 0.05) is 41.2 Å². The van der Waals surface area contributed by atoms with Gasteiger partial charge in [-0.25, -0.2) is 0 Å². The number of benzene rings is 2. The van der Waals surface area contributed by atoms with E-state index in [0.29, 0.717) is 0 Å². The summed E-state index contributed by atoms with van der Waals surface area (Å²) in [6, 6.07) is 19.0. The van der Waals surface area contributed by atoms with Crippen LogP contribution in [0.25, 0.3) is 10.9 Å². The van der Waals surface area contributed by atoms with E-state index in [1.165, 1.54) is 23.9 Å². The number of para-hydroxylation sites is 1. The Morgan fingerprint density at radius 2 is 1.70 bits per heavy atom. The summed E-state index contributed by atoms with van der Waals surface area (Å²) in [4.78, 5) is 7.23. The Balaban J connectivity index is 1.74. The van der Waals surface area contributed by atoms with Crippen molar-refractivity contribution in [3.63, 3.8) is 0 Å². The summed E-state index contributed by atoms with van der Waals surface area (Å²) in [6.45, 7) is 4.39. The number of aromatic nitrogens is 1. The lowest BCUT2D eigenvalue weighted by Crippen LogP contribution is -2.18. The third kappa shape index (κ3) is 2.87. The van der Waals surface area contributed by atoms with Crippen LogP contribution in [0.3, 0.4) is 0 Å². The van der Waals surface area contributed by atoms with Crippen LogP contribution in [0, 0.1) is 6.92 Å². The molecule has 2 aromatic carbocycles. The summed E-state index contributed by atoms with van der Waals surface area (Å²) < 4.78 is 0. The van der Waals surface area contributed by atoms with E-state index in [1.807, 2.05) is 18.2 Å². The lowest BCUT2D eigenvalue weighted by atomic mass is 10.1. The fourth-order valence-electron chi connectivity index (χ4n) is 3.32. The summed E-state index contributed by atoms with van der Waals surface area (Å²) in [7, 11) is 0. The van der Waals surface area contributed by atoms with Crippen LogP contribution in [-0.4, -0.2) is 18.1 Å². The van der Waals surface area contributed by atoms with Crippen LogP contribution < -0.4 is 10.2 Å². The van der Waals surface area contributed by atoms with Gasteiger partial charge in [0.2, 0.25) is 0 Å². The number of hydrogen-bond donors (Lipinski definition) is 1. The van der Waals surface area contributed by atoms with Crippen molar-refractivity contribution >= 4 is 28.0 Å². The van der Waals surface area contributed by atoms with Gasteiger partial charge < -0.3 is 10.2 Å². The van der Waals surface area contributed by atoms with Crippen molar-refractivity contribution in [3.8, 4) is 0 Å². The lowest BCUT2D eigenvalue weighted by Gasteiger charge is -2.20. The lowest BCUT2D eigenvalue weighted by molar-refractivity contribution is 0.949. The molecule has 23 heavy (non-hydrogen) atoms. The van der Waals surface area contributed by atoms with Crippen molar-refractivity contribution in [2.45, 2.75) is 19.8 Å². The molecule has 0 atom stereocenters. The number of pyridine rings is 1. The molecule has 0 aliphatic carbocycles. The highest BCUT2D eigenvalue weighted by molar-refractivity contribution is 5.94. The molecule has 1 aliphatic rings. The zero-order valence-corrected chi connectivity index (χ0v) is 13.4. The Labute approximate surface area is 137 Å². The number of anilines is 3. The van der Waals surface area contributed by atoms with Crippen molar-refractivity contribution < 1.29 is 0 Å². The van der Waals surface area contributed by atoms with Gasteiger partial charge in [0.25, 0.3) is 0 Å². The predicted octanol–water partition coefficient (Wildman–Crippen LogP) is 4.89. The summed E-state index contributed by atoms with van der Waals surface area (Å²) in [5.41, 5.74) is 5.65. The van der Waals surface area contributed by atoms with Gasteiger partial charge in [0.1, 0.15) is 0 Å². The maximum absolute atomic E-state index is 4.74. The Kier molecular flexibility index (Phi) is 3.62. The molecule has 2 heterocycles. The van der Waals surface area contributed by atoms with Gasteiger partial charge in [-0.3, -0.25) is 4.98 Å². The molecule has 0 amide bonds. The molecule has 0 unspecified atom stereocenters. The molecule has 3 heteroatoms. The molecule has 0 saturated carbocycles. The Morgan fingerprint density at radius 1 is 0.913 bits per heavy atom. The van der Waals surface area contributed by atoms with Crippen LogP contribution >= 0.6 is 0 Å². The predicted molar refractivity (Wildman–Crippen MR) is 97.7 cm³/mol. The minimum absolute atomic E-state index is 1.06. The molecule has 0 radical (unpaired) electrons. The van der Waals surface area contributed by atoms with E-state index in [0.717, 1.165) is 35.7 Å². The maximum atomic E-state index is 4.74. The fraction of sp³-hybridized carbons (Fsp3) is 0.250. The van der Waals surface area contributed by atoms with E-state index in [4.69, 9.17) is 4.98 Å². The zero-order chi connectivity index (χ0) is 15.6. The normalized spacial score (nSPS) is 14.4. The van der Waals surface area contributed by atoms with Crippen molar-refractivity contribution in [1.29, 1.82) is 0 Å². The molecule has 116 valence electrons. The molecule has 3 aromatic rings. The monoisotopic (exact) mass is 303 g/mol. The van der Waals surface area contributed by atoms with Crippen molar-refractivity contribution in [3.05, 3.63) is 60.3 Å². The number of hydrogen-bond acceptors (Lipinski definition) is 3. The third-order valence-corrected chi connectivity index (χ3v) is 4.43. The topological polar surface area (TPSA) is 28.2 Å². The highest BCUT2D eigenvalue weighted by Gasteiger charge is 2.16. The molecule has 0 bridgehead atoms. The molecule has 1 aliphatic heterocycles. The second kappa shape index (κ2) is 5.92. The van der Waals surface area contributed by atoms with E-state index >= 15 is 0 Å². The molecule has 1 saturated heterocycles. The van der Waals surface area contributed by atoms with Gasteiger partial charge in [0.05, 0.1) is 5.52 Å². The molecular formula is C20H21N3. The van der Waals surface area contributed by atoms with Gasteiger partial charge in [-0.1, -0.05) is 18.2 Å².